The lowest BCUT2D eigenvalue weighted by Crippen LogP contribution is -2.39. The van der Waals surface area contributed by atoms with E-state index in [-0.39, 0.29) is 18.6 Å². The maximum Gasteiger partial charge on any atom is 0.407 e. The second-order valence-electron chi connectivity index (χ2n) is 6.50. The molecular weight excluding hydrogens is 288 g/mol. The van der Waals surface area contributed by atoms with Crippen molar-refractivity contribution in [1.29, 1.82) is 0 Å². The van der Waals surface area contributed by atoms with Crippen LogP contribution in [0.3, 0.4) is 0 Å². The van der Waals surface area contributed by atoms with Crippen LogP contribution in [0.2, 0.25) is 0 Å². The summed E-state index contributed by atoms with van der Waals surface area (Å²) in [6.45, 7) is 9.47. The van der Waals surface area contributed by atoms with E-state index in [0.29, 0.717) is 12.3 Å². The van der Waals surface area contributed by atoms with Crippen LogP contribution in [0, 0.1) is 5.92 Å². The number of carbonyl (C=O) groups excluding carboxylic acids is 2. The van der Waals surface area contributed by atoms with Gasteiger partial charge in [0.05, 0.1) is 7.11 Å². The fourth-order valence-corrected chi connectivity index (χ4v) is 2.12. The molecule has 0 spiro atoms. The lowest BCUT2D eigenvalue weighted by Gasteiger charge is -2.23. The van der Waals surface area contributed by atoms with Gasteiger partial charge >= 0.3 is 12.1 Å². The Kier molecular flexibility index (Phi) is 6.20. The van der Waals surface area contributed by atoms with Gasteiger partial charge in [-0.05, 0) is 34.1 Å². The zero-order chi connectivity index (χ0) is 16.9. The van der Waals surface area contributed by atoms with Crippen molar-refractivity contribution in [2.24, 2.45) is 10.9 Å². The summed E-state index contributed by atoms with van der Waals surface area (Å²) in [5, 5.41) is 2.77. The van der Waals surface area contributed by atoms with Gasteiger partial charge in [-0.25, -0.2) is 14.6 Å². The molecule has 0 radical (unpaired) electrons. The second kappa shape index (κ2) is 7.47. The average molecular weight is 314 g/mol. The van der Waals surface area contributed by atoms with Gasteiger partial charge in [-0.3, -0.25) is 0 Å². The SMILES string of the molecule is COC(=O)[C@@H]1COC([C@@H](C)C[C@H](C)NC(=O)OC(C)(C)C)=N1. The van der Waals surface area contributed by atoms with Crippen molar-refractivity contribution in [2.45, 2.75) is 58.7 Å². The van der Waals surface area contributed by atoms with Gasteiger partial charge in [0.1, 0.15) is 12.2 Å². The van der Waals surface area contributed by atoms with Crippen LogP contribution in [-0.4, -0.2) is 49.4 Å². The van der Waals surface area contributed by atoms with E-state index < -0.39 is 23.7 Å². The average Bonchev–Trinajstić information content (AvgIpc) is 2.84. The number of aliphatic imine (C=N–C) groups is 1. The molecule has 0 saturated carbocycles. The molecule has 7 nitrogen and oxygen atoms in total. The van der Waals surface area contributed by atoms with E-state index in [2.05, 4.69) is 15.0 Å². The van der Waals surface area contributed by atoms with E-state index in [0.717, 1.165) is 0 Å². The molecule has 0 aromatic carbocycles. The van der Waals surface area contributed by atoms with Crippen molar-refractivity contribution in [1.82, 2.24) is 5.32 Å². The smallest absolute Gasteiger partial charge is 0.407 e. The number of amides is 1. The zero-order valence-corrected chi connectivity index (χ0v) is 14.1. The Balaban J connectivity index is 2.46. The predicted molar refractivity (Wildman–Crippen MR) is 81.8 cm³/mol. The lowest BCUT2D eigenvalue weighted by molar-refractivity contribution is -0.142. The van der Waals surface area contributed by atoms with Crippen LogP contribution in [0.4, 0.5) is 4.79 Å². The quantitative estimate of drug-likeness (QED) is 0.783. The molecule has 1 N–H and O–H groups in total. The maximum absolute atomic E-state index is 11.7. The fourth-order valence-electron chi connectivity index (χ4n) is 2.12. The van der Waals surface area contributed by atoms with Crippen molar-refractivity contribution in [3.63, 3.8) is 0 Å². The Bertz CT molecular complexity index is 442. The molecule has 1 heterocycles. The second-order valence-corrected chi connectivity index (χ2v) is 6.50. The topological polar surface area (TPSA) is 86.2 Å². The maximum atomic E-state index is 11.7. The summed E-state index contributed by atoms with van der Waals surface area (Å²) in [5.74, 6) is 0.106. The zero-order valence-electron chi connectivity index (χ0n) is 14.1. The third kappa shape index (κ3) is 5.91. The highest BCUT2D eigenvalue weighted by Gasteiger charge is 2.30. The summed E-state index contributed by atoms with van der Waals surface area (Å²) in [4.78, 5) is 27.3. The molecule has 1 amide bonds. The van der Waals surface area contributed by atoms with E-state index in [9.17, 15) is 9.59 Å². The van der Waals surface area contributed by atoms with E-state index in [1.165, 1.54) is 7.11 Å². The largest absolute Gasteiger partial charge is 0.478 e. The molecule has 0 bridgehead atoms. The Morgan fingerprint density at radius 3 is 2.59 bits per heavy atom. The van der Waals surface area contributed by atoms with Gasteiger partial charge in [-0.15, -0.1) is 0 Å². The Labute approximate surface area is 131 Å². The molecule has 0 fully saturated rings. The molecule has 7 heteroatoms. The van der Waals surface area contributed by atoms with Crippen LogP contribution in [-0.2, 0) is 19.0 Å². The molecule has 0 saturated heterocycles. The first-order valence-corrected chi connectivity index (χ1v) is 7.40. The first-order valence-electron chi connectivity index (χ1n) is 7.40. The van der Waals surface area contributed by atoms with Crippen LogP contribution in [0.15, 0.2) is 4.99 Å². The van der Waals surface area contributed by atoms with Gasteiger partial charge in [0.25, 0.3) is 0 Å². The minimum absolute atomic E-state index is 0.0143. The van der Waals surface area contributed by atoms with Crippen molar-refractivity contribution in [2.75, 3.05) is 13.7 Å². The number of alkyl carbamates (subject to hydrolysis) is 1. The number of rotatable bonds is 5. The third-order valence-corrected chi connectivity index (χ3v) is 3.04. The van der Waals surface area contributed by atoms with Crippen LogP contribution in [0.25, 0.3) is 0 Å². The number of methoxy groups -OCH3 is 1. The van der Waals surface area contributed by atoms with Gasteiger partial charge < -0.3 is 19.5 Å². The molecule has 0 unspecified atom stereocenters. The number of hydrogen-bond donors (Lipinski definition) is 1. The van der Waals surface area contributed by atoms with Crippen LogP contribution < -0.4 is 5.32 Å². The van der Waals surface area contributed by atoms with Crippen molar-refractivity contribution >= 4 is 18.0 Å². The van der Waals surface area contributed by atoms with E-state index >= 15 is 0 Å². The lowest BCUT2D eigenvalue weighted by atomic mass is 10.0. The number of nitrogens with zero attached hydrogens (tertiary/aromatic N) is 1. The predicted octanol–water partition coefficient (Wildman–Crippen LogP) is 1.90. The van der Waals surface area contributed by atoms with Crippen molar-refractivity contribution < 1.29 is 23.8 Å². The highest BCUT2D eigenvalue weighted by Crippen LogP contribution is 2.17. The van der Waals surface area contributed by atoms with Crippen LogP contribution in [0.5, 0.6) is 0 Å². The molecule has 0 aromatic heterocycles. The Morgan fingerprint density at radius 2 is 2.05 bits per heavy atom. The third-order valence-electron chi connectivity index (χ3n) is 3.04. The highest BCUT2D eigenvalue weighted by molar-refractivity contribution is 5.86. The molecule has 126 valence electrons. The molecule has 1 rings (SSSR count). The van der Waals surface area contributed by atoms with Crippen LogP contribution >= 0.6 is 0 Å². The monoisotopic (exact) mass is 314 g/mol. The Hall–Kier alpha value is -1.79. The standard InChI is InChI=1S/C15H26N2O5/c1-9(12-17-11(8-21-12)13(18)20-6)7-10(2)16-14(19)22-15(3,4)5/h9-11H,7-8H2,1-6H3,(H,16,19)/t9-,10-,11-/m0/s1. The number of esters is 1. The molecule has 1 aliphatic rings. The summed E-state index contributed by atoms with van der Waals surface area (Å²) >= 11 is 0. The summed E-state index contributed by atoms with van der Waals surface area (Å²) in [6.07, 6.45) is 0.181. The van der Waals surface area contributed by atoms with E-state index in [1.807, 2.05) is 34.6 Å². The van der Waals surface area contributed by atoms with Gasteiger partial charge in [0.15, 0.2) is 11.9 Å². The molecule has 1 aliphatic heterocycles. The summed E-state index contributed by atoms with van der Waals surface area (Å²) in [6, 6.07) is -0.690. The molecule has 0 aliphatic carbocycles. The summed E-state index contributed by atoms with van der Waals surface area (Å²) < 4.78 is 15.3. The minimum Gasteiger partial charge on any atom is -0.478 e. The first kappa shape index (κ1) is 18.3. The fraction of sp³-hybridized carbons (Fsp3) is 0.800. The number of ether oxygens (including phenoxy) is 3. The number of hydrogen-bond acceptors (Lipinski definition) is 6. The van der Waals surface area contributed by atoms with E-state index in [4.69, 9.17) is 9.47 Å². The molecule has 22 heavy (non-hydrogen) atoms. The normalized spacial score (nSPS) is 20.5. The van der Waals surface area contributed by atoms with Crippen molar-refractivity contribution in [3.8, 4) is 0 Å². The molecule has 0 aromatic rings. The summed E-state index contributed by atoms with van der Waals surface area (Å²) in [7, 11) is 1.33. The van der Waals surface area contributed by atoms with Gasteiger partial charge in [-0.2, -0.15) is 0 Å². The molecular formula is C15H26N2O5. The first-order chi connectivity index (χ1) is 10.1. The minimum atomic E-state index is -0.587. The number of carbonyl (C=O) groups is 2. The molecule has 3 atom stereocenters. The van der Waals surface area contributed by atoms with Gasteiger partial charge in [0, 0.05) is 12.0 Å². The Morgan fingerprint density at radius 1 is 1.41 bits per heavy atom. The summed E-state index contributed by atoms with van der Waals surface area (Å²) in [5.41, 5.74) is -0.526. The van der Waals surface area contributed by atoms with Gasteiger partial charge in [-0.1, -0.05) is 6.92 Å². The van der Waals surface area contributed by atoms with E-state index in [1.54, 1.807) is 0 Å². The highest BCUT2D eigenvalue weighted by atomic mass is 16.6. The van der Waals surface area contributed by atoms with Crippen molar-refractivity contribution in [3.05, 3.63) is 0 Å². The number of nitrogens with one attached hydrogen (secondary N) is 1. The van der Waals surface area contributed by atoms with Crippen LogP contribution in [0.1, 0.15) is 41.0 Å². The van der Waals surface area contributed by atoms with Gasteiger partial charge in [0.2, 0.25) is 0 Å².